The summed E-state index contributed by atoms with van der Waals surface area (Å²) >= 11 is 4.54. The highest BCUT2D eigenvalue weighted by Gasteiger charge is 1.92. The minimum absolute atomic E-state index is 0.257. The van der Waals surface area contributed by atoms with E-state index in [9.17, 15) is 4.39 Å². The fourth-order valence-corrected chi connectivity index (χ4v) is 0.762. The molecule has 0 saturated heterocycles. The number of halogens is 1. The van der Waals surface area contributed by atoms with Crippen molar-refractivity contribution in [3.63, 3.8) is 0 Å². The monoisotopic (exact) mass is 170 g/mol. The molecule has 0 nitrogen and oxygen atoms in total. The Morgan fingerprint density at radius 3 is 2.18 bits per heavy atom. The van der Waals surface area contributed by atoms with Crippen LogP contribution in [0.15, 0.2) is 24.3 Å². The molecule has 0 heterocycles. The van der Waals surface area contributed by atoms with Crippen molar-refractivity contribution in [1.82, 2.24) is 0 Å². The second-order valence-electron chi connectivity index (χ2n) is 1.64. The molecular weight excluding hydrogens is 159 g/mol. The lowest BCUT2D eigenvalue weighted by Crippen LogP contribution is -1.82. The fraction of sp³-hybridized carbons (Fsp3) is 0.222. The summed E-state index contributed by atoms with van der Waals surface area (Å²) in [6.07, 6.45) is 0. The number of thiocarbonyl (C=S) groups is 1. The molecule has 0 radical (unpaired) electrons. The van der Waals surface area contributed by atoms with E-state index in [0.717, 1.165) is 0 Å². The van der Waals surface area contributed by atoms with Crippen LogP contribution in [0.5, 0.6) is 0 Å². The molecule has 1 aromatic rings. The zero-order valence-corrected chi connectivity index (χ0v) is 7.49. The van der Waals surface area contributed by atoms with Crippen LogP contribution in [0.2, 0.25) is 0 Å². The highest BCUT2D eigenvalue weighted by Crippen LogP contribution is 2.02. The van der Waals surface area contributed by atoms with Crippen molar-refractivity contribution in [3.8, 4) is 0 Å². The van der Waals surface area contributed by atoms with E-state index in [1.807, 2.05) is 13.8 Å². The number of hydrogen-bond acceptors (Lipinski definition) is 1. The largest absolute Gasteiger partial charge is 0.206 e. The van der Waals surface area contributed by atoms with Crippen LogP contribution in [0.1, 0.15) is 19.4 Å². The van der Waals surface area contributed by atoms with Gasteiger partial charge in [0.1, 0.15) is 5.82 Å². The van der Waals surface area contributed by atoms with E-state index < -0.39 is 0 Å². The summed E-state index contributed by atoms with van der Waals surface area (Å²) < 4.78 is 12.5. The molecule has 0 amide bonds. The van der Waals surface area contributed by atoms with Crippen molar-refractivity contribution in [2.75, 3.05) is 0 Å². The average molecular weight is 170 g/mol. The summed E-state index contributed by atoms with van der Waals surface area (Å²) in [4.78, 5) is 0. The molecule has 0 N–H and O–H groups in total. The van der Waals surface area contributed by atoms with Gasteiger partial charge < -0.3 is 0 Å². The molecule has 0 aromatic heterocycles. The molecule has 0 aliphatic rings. The van der Waals surface area contributed by atoms with Crippen LogP contribution in [0, 0.1) is 5.82 Å². The SMILES string of the molecule is CC.Fc1ccccc1C=S. The predicted octanol–water partition coefficient (Wildman–Crippen LogP) is 3.20. The Morgan fingerprint density at radius 1 is 1.27 bits per heavy atom. The van der Waals surface area contributed by atoms with E-state index >= 15 is 0 Å². The van der Waals surface area contributed by atoms with Crippen molar-refractivity contribution in [3.05, 3.63) is 35.6 Å². The number of benzene rings is 1. The first-order valence-corrected chi connectivity index (χ1v) is 4.01. The summed E-state index contributed by atoms with van der Waals surface area (Å²) in [6.45, 7) is 4.00. The number of hydrogen-bond donors (Lipinski definition) is 0. The Morgan fingerprint density at radius 2 is 1.82 bits per heavy atom. The van der Waals surface area contributed by atoms with Crippen molar-refractivity contribution in [2.24, 2.45) is 0 Å². The van der Waals surface area contributed by atoms with Crippen molar-refractivity contribution >= 4 is 17.6 Å². The van der Waals surface area contributed by atoms with Gasteiger partial charge in [-0.2, -0.15) is 0 Å². The van der Waals surface area contributed by atoms with Gasteiger partial charge in [0, 0.05) is 10.9 Å². The van der Waals surface area contributed by atoms with E-state index in [4.69, 9.17) is 0 Å². The van der Waals surface area contributed by atoms with Crippen LogP contribution in [-0.4, -0.2) is 5.37 Å². The molecule has 1 rings (SSSR count). The first-order chi connectivity index (χ1) is 5.34. The van der Waals surface area contributed by atoms with E-state index in [1.165, 1.54) is 11.4 Å². The normalized spacial score (nSPS) is 7.91. The van der Waals surface area contributed by atoms with Gasteiger partial charge in [-0.05, 0) is 6.07 Å². The second-order valence-corrected chi connectivity index (χ2v) is 1.88. The molecule has 0 aliphatic heterocycles. The Labute approximate surface area is 72.1 Å². The topological polar surface area (TPSA) is 0 Å². The van der Waals surface area contributed by atoms with Crippen molar-refractivity contribution in [2.45, 2.75) is 13.8 Å². The predicted molar refractivity (Wildman–Crippen MR) is 50.5 cm³/mol. The highest BCUT2D eigenvalue weighted by molar-refractivity contribution is 7.79. The minimum Gasteiger partial charge on any atom is -0.206 e. The Hall–Kier alpha value is -0.760. The Balaban J connectivity index is 0.000000461. The molecule has 0 atom stereocenters. The van der Waals surface area contributed by atoms with Gasteiger partial charge in [-0.1, -0.05) is 44.3 Å². The van der Waals surface area contributed by atoms with E-state index in [2.05, 4.69) is 12.2 Å². The van der Waals surface area contributed by atoms with Crippen LogP contribution in [0.4, 0.5) is 4.39 Å². The molecule has 0 spiro atoms. The molecule has 0 aliphatic carbocycles. The molecular formula is C9H11FS. The molecule has 0 saturated carbocycles. The maximum atomic E-state index is 12.5. The van der Waals surface area contributed by atoms with Crippen LogP contribution in [0.3, 0.4) is 0 Å². The highest BCUT2D eigenvalue weighted by atomic mass is 32.1. The standard InChI is InChI=1S/C7H5FS.C2H6/c8-7-4-2-1-3-6(7)5-9;1-2/h1-5H;1-2H3. The maximum absolute atomic E-state index is 12.5. The summed E-state index contributed by atoms with van der Waals surface area (Å²) in [7, 11) is 0. The minimum atomic E-state index is -0.257. The molecule has 0 fully saturated rings. The third-order valence-electron chi connectivity index (χ3n) is 1.03. The second kappa shape index (κ2) is 5.98. The smallest absolute Gasteiger partial charge is 0.131 e. The van der Waals surface area contributed by atoms with Gasteiger partial charge in [0.25, 0.3) is 0 Å². The molecule has 0 unspecified atom stereocenters. The van der Waals surface area contributed by atoms with Gasteiger partial charge in [0.2, 0.25) is 0 Å². The van der Waals surface area contributed by atoms with Crippen LogP contribution < -0.4 is 0 Å². The lowest BCUT2D eigenvalue weighted by atomic mass is 10.2. The zero-order chi connectivity index (χ0) is 8.69. The van der Waals surface area contributed by atoms with Crippen LogP contribution in [-0.2, 0) is 0 Å². The van der Waals surface area contributed by atoms with Crippen LogP contribution in [0.25, 0.3) is 0 Å². The summed E-state index contributed by atoms with van der Waals surface area (Å²) in [5, 5.41) is 1.33. The fourth-order valence-electron chi connectivity index (χ4n) is 0.571. The van der Waals surface area contributed by atoms with Gasteiger partial charge in [-0.25, -0.2) is 4.39 Å². The third kappa shape index (κ3) is 3.23. The van der Waals surface area contributed by atoms with Crippen LogP contribution >= 0.6 is 12.2 Å². The van der Waals surface area contributed by atoms with Gasteiger partial charge in [-0.15, -0.1) is 0 Å². The Kier molecular flexibility index (Phi) is 5.57. The van der Waals surface area contributed by atoms with E-state index in [-0.39, 0.29) is 5.82 Å². The summed E-state index contributed by atoms with van der Waals surface area (Å²) in [5.74, 6) is -0.257. The molecule has 60 valence electrons. The quantitative estimate of drug-likeness (QED) is 0.583. The first kappa shape index (κ1) is 10.2. The molecule has 2 heteroatoms. The van der Waals surface area contributed by atoms with E-state index in [1.54, 1.807) is 18.2 Å². The Bertz CT molecular complexity index is 221. The molecule has 11 heavy (non-hydrogen) atoms. The lowest BCUT2D eigenvalue weighted by molar-refractivity contribution is 0.626. The first-order valence-electron chi connectivity index (χ1n) is 3.54. The molecule has 1 aromatic carbocycles. The van der Waals surface area contributed by atoms with Gasteiger partial charge in [0.15, 0.2) is 0 Å². The maximum Gasteiger partial charge on any atom is 0.131 e. The molecule has 0 bridgehead atoms. The van der Waals surface area contributed by atoms with Gasteiger partial charge in [-0.3, -0.25) is 0 Å². The van der Waals surface area contributed by atoms with E-state index in [0.29, 0.717) is 5.56 Å². The van der Waals surface area contributed by atoms with Crippen molar-refractivity contribution in [1.29, 1.82) is 0 Å². The van der Waals surface area contributed by atoms with Gasteiger partial charge in [0.05, 0.1) is 0 Å². The lowest BCUT2D eigenvalue weighted by Gasteiger charge is -1.90. The summed E-state index contributed by atoms with van der Waals surface area (Å²) in [5.41, 5.74) is 0.479. The summed E-state index contributed by atoms with van der Waals surface area (Å²) in [6, 6.07) is 6.42. The average Bonchev–Trinajstić information content (AvgIpc) is 2.09. The van der Waals surface area contributed by atoms with Gasteiger partial charge >= 0.3 is 0 Å². The number of rotatable bonds is 1. The third-order valence-corrected chi connectivity index (χ3v) is 1.29. The van der Waals surface area contributed by atoms with Crippen molar-refractivity contribution < 1.29 is 4.39 Å². The zero-order valence-electron chi connectivity index (χ0n) is 6.67.